The number of para-hydroxylation sites is 1. The first kappa shape index (κ1) is 21.0. The molecule has 1 aliphatic rings. The lowest BCUT2D eigenvalue weighted by Crippen LogP contribution is -2.24. The van der Waals surface area contributed by atoms with Gasteiger partial charge in [-0.15, -0.1) is 0 Å². The van der Waals surface area contributed by atoms with Crippen LogP contribution >= 0.6 is 0 Å². The number of hydrogen-bond donors (Lipinski definition) is 3. The number of aromatic nitrogens is 3. The third kappa shape index (κ3) is 4.14. The maximum absolute atomic E-state index is 13.2. The number of nitrogens with zero attached hydrogens (tertiary/aromatic N) is 2. The second-order valence-corrected chi connectivity index (χ2v) is 8.84. The number of rotatable bonds is 5. The fraction of sp³-hybridized carbons (Fsp3) is 0.269. The standard InChI is InChI=1S/C26H27N5O2/c1-16-10-11-23-22(14-16)20-8-4-9-21(24(20)30-23)26(33)29-19-7-3-6-18(15-19)28-25(32)17(2)31-13-5-12-27-31/h3-9,12-13,15-17,30H,10-11,14H2,1-2H3,(H,28,32)(H,29,33). The van der Waals surface area contributed by atoms with Crippen LogP contribution in [0.5, 0.6) is 0 Å². The minimum Gasteiger partial charge on any atom is -0.358 e. The Kier molecular flexibility index (Phi) is 5.46. The normalized spacial score (nSPS) is 16.2. The Balaban J connectivity index is 1.34. The lowest BCUT2D eigenvalue weighted by atomic mass is 9.87. The van der Waals surface area contributed by atoms with E-state index in [4.69, 9.17) is 0 Å². The van der Waals surface area contributed by atoms with Crippen LogP contribution in [0.4, 0.5) is 11.4 Å². The van der Waals surface area contributed by atoms with Crippen molar-refractivity contribution in [3.05, 3.63) is 77.7 Å². The van der Waals surface area contributed by atoms with E-state index in [1.54, 1.807) is 48.3 Å². The summed E-state index contributed by atoms with van der Waals surface area (Å²) < 4.78 is 1.60. The van der Waals surface area contributed by atoms with Gasteiger partial charge in [-0.3, -0.25) is 14.3 Å². The number of fused-ring (bicyclic) bond motifs is 3. The summed E-state index contributed by atoms with van der Waals surface area (Å²) >= 11 is 0. The van der Waals surface area contributed by atoms with Gasteiger partial charge in [0.1, 0.15) is 6.04 Å². The van der Waals surface area contributed by atoms with E-state index in [-0.39, 0.29) is 11.8 Å². The van der Waals surface area contributed by atoms with Gasteiger partial charge in [0.15, 0.2) is 0 Å². The lowest BCUT2D eigenvalue weighted by Gasteiger charge is -2.17. The maximum atomic E-state index is 13.2. The first-order valence-corrected chi connectivity index (χ1v) is 11.3. The van der Waals surface area contributed by atoms with Crippen molar-refractivity contribution >= 4 is 34.1 Å². The minimum absolute atomic E-state index is 0.180. The third-order valence-electron chi connectivity index (χ3n) is 6.40. The number of nitrogens with one attached hydrogen (secondary N) is 3. The van der Waals surface area contributed by atoms with Gasteiger partial charge in [0.25, 0.3) is 5.91 Å². The van der Waals surface area contributed by atoms with E-state index in [0.717, 1.165) is 23.7 Å². The molecule has 5 rings (SSSR count). The quantitative estimate of drug-likeness (QED) is 0.410. The summed E-state index contributed by atoms with van der Waals surface area (Å²) in [5, 5.41) is 11.1. The van der Waals surface area contributed by atoms with Crippen LogP contribution in [0.3, 0.4) is 0 Å². The number of carbonyl (C=O) groups excluding carboxylic acids is 2. The van der Waals surface area contributed by atoms with Crippen molar-refractivity contribution in [2.24, 2.45) is 5.92 Å². The Morgan fingerprint density at radius 1 is 1.12 bits per heavy atom. The largest absolute Gasteiger partial charge is 0.358 e. The number of H-pyrrole nitrogens is 1. The summed E-state index contributed by atoms with van der Waals surface area (Å²) in [4.78, 5) is 29.2. The third-order valence-corrected chi connectivity index (χ3v) is 6.40. The molecule has 3 N–H and O–H groups in total. The van der Waals surface area contributed by atoms with Gasteiger partial charge in [-0.25, -0.2) is 0 Å². The average Bonchev–Trinajstić information content (AvgIpc) is 3.46. The van der Waals surface area contributed by atoms with Crippen LogP contribution in [0.15, 0.2) is 60.9 Å². The number of benzene rings is 2. The molecular formula is C26H27N5O2. The monoisotopic (exact) mass is 441 g/mol. The van der Waals surface area contributed by atoms with E-state index >= 15 is 0 Å². The predicted molar refractivity (Wildman–Crippen MR) is 129 cm³/mol. The number of aryl methyl sites for hydroxylation is 1. The van der Waals surface area contributed by atoms with Crippen molar-refractivity contribution in [1.29, 1.82) is 0 Å². The molecule has 33 heavy (non-hydrogen) atoms. The Morgan fingerprint density at radius 2 is 1.91 bits per heavy atom. The van der Waals surface area contributed by atoms with E-state index in [0.29, 0.717) is 22.9 Å². The summed E-state index contributed by atoms with van der Waals surface area (Å²) in [7, 11) is 0. The molecule has 1 aliphatic carbocycles. The van der Waals surface area contributed by atoms with Crippen LogP contribution in [0.1, 0.15) is 47.9 Å². The van der Waals surface area contributed by atoms with Crippen LogP contribution in [-0.4, -0.2) is 26.6 Å². The highest BCUT2D eigenvalue weighted by Gasteiger charge is 2.22. The molecule has 0 radical (unpaired) electrons. The maximum Gasteiger partial charge on any atom is 0.257 e. The zero-order valence-electron chi connectivity index (χ0n) is 18.8. The van der Waals surface area contributed by atoms with Crippen molar-refractivity contribution in [3.8, 4) is 0 Å². The molecular weight excluding hydrogens is 414 g/mol. The molecule has 2 heterocycles. The molecule has 2 aromatic carbocycles. The molecule has 7 nitrogen and oxygen atoms in total. The number of anilines is 2. The Labute approximate surface area is 192 Å². The molecule has 2 amide bonds. The number of carbonyl (C=O) groups is 2. The van der Waals surface area contributed by atoms with Gasteiger partial charge >= 0.3 is 0 Å². The molecule has 0 aliphatic heterocycles. The molecule has 0 fully saturated rings. The van der Waals surface area contributed by atoms with Crippen LogP contribution in [0.2, 0.25) is 0 Å². The fourth-order valence-electron chi connectivity index (χ4n) is 4.55. The average molecular weight is 442 g/mol. The van der Waals surface area contributed by atoms with Crippen molar-refractivity contribution in [1.82, 2.24) is 14.8 Å². The molecule has 2 atom stereocenters. The van der Waals surface area contributed by atoms with Crippen molar-refractivity contribution in [2.75, 3.05) is 10.6 Å². The Hall–Kier alpha value is -3.87. The van der Waals surface area contributed by atoms with E-state index in [2.05, 4.69) is 33.7 Å². The van der Waals surface area contributed by atoms with Gasteiger partial charge in [-0.1, -0.05) is 25.1 Å². The van der Waals surface area contributed by atoms with Gasteiger partial charge in [0, 0.05) is 34.8 Å². The molecule has 168 valence electrons. The highest BCUT2D eigenvalue weighted by molar-refractivity contribution is 6.12. The molecule has 0 saturated carbocycles. The summed E-state index contributed by atoms with van der Waals surface area (Å²) in [6.07, 6.45) is 6.62. The topological polar surface area (TPSA) is 91.8 Å². The second kappa shape index (κ2) is 8.58. The summed E-state index contributed by atoms with van der Waals surface area (Å²) in [6, 6.07) is 14.4. The van der Waals surface area contributed by atoms with E-state index in [9.17, 15) is 9.59 Å². The van der Waals surface area contributed by atoms with Gasteiger partial charge in [0.05, 0.1) is 11.1 Å². The first-order valence-electron chi connectivity index (χ1n) is 11.3. The fourth-order valence-corrected chi connectivity index (χ4v) is 4.55. The van der Waals surface area contributed by atoms with Crippen LogP contribution in [0.25, 0.3) is 10.9 Å². The van der Waals surface area contributed by atoms with Crippen molar-refractivity contribution in [2.45, 2.75) is 39.2 Å². The summed E-state index contributed by atoms with van der Waals surface area (Å²) in [5.74, 6) is 0.293. The van der Waals surface area contributed by atoms with Gasteiger partial charge in [-0.05, 0) is 68.0 Å². The highest BCUT2D eigenvalue weighted by Crippen LogP contribution is 2.33. The minimum atomic E-state index is -0.447. The zero-order chi connectivity index (χ0) is 22.9. The summed E-state index contributed by atoms with van der Waals surface area (Å²) in [6.45, 7) is 4.06. The van der Waals surface area contributed by atoms with E-state index in [1.165, 1.54) is 17.7 Å². The number of hydrogen-bond acceptors (Lipinski definition) is 3. The smallest absolute Gasteiger partial charge is 0.257 e. The van der Waals surface area contributed by atoms with Gasteiger partial charge in [-0.2, -0.15) is 5.10 Å². The number of aromatic amines is 1. The van der Waals surface area contributed by atoms with E-state index in [1.807, 2.05) is 18.2 Å². The van der Waals surface area contributed by atoms with Crippen molar-refractivity contribution in [3.63, 3.8) is 0 Å². The molecule has 2 unspecified atom stereocenters. The van der Waals surface area contributed by atoms with Crippen LogP contribution in [0, 0.1) is 5.92 Å². The SMILES string of the molecule is CC1CCc2[nH]c3c(C(=O)Nc4cccc(NC(=O)C(C)n5cccn5)c4)cccc3c2C1. The van der Waals surface area contributed by atoms with E-state index < -0.39 is 6.04 Å². The Bertz CT molecular complexity index is 1320. The summed E-state index contributed by atoms with van der Waals surface area (Å²) in [5.41, 5.74) is 5.34. The van der Waals surface area contributed by atoms with Gasteiger partial charge in [0.2, 0.25) is 5.91 Å². The molecule has 0 spiro atoms. The zero-order valence-corrected chi connectivity index (χ0v) is 18.8. The van der Waals surface area contributed by atoms with Gasteiger partial charge < -0.3 is 15.6 Å². The number of amides is 2. The van der Waals surface area contributed by atoms with Crippen molar-refractivity contribution < 1.29 is 9.59 Å². The molecule has 0 bridgehead atoms. The molecule has 4 aromatic rings. The predicted octanol–water partition coefficient (Wildman–Crippen LogP) is 4.94. The second-order valence-electron chi connectivity index (χ2n) is 8.84. The molecule has 2 aromatic heterocycles. The van der Waals surface area contributed by atoms with Crippen LogP contribution in [-0.2, 0) is 17.6 Å². The molecule has 7 heteroatoms. The highest BCUT2D eigenvalue weighted by atomic mass is 16.2. The Morgan fingerprint density at radius 3 is 2.70 bits per heavy atom. The van der Waals surface area contributed by atoms with Crippen LogP contribution < -0.4 is 10.6 Å². The first-order chi connectivity index (χ1) is 16.0. The lowest BCUT2D eigenvalue weighted by molar-refractivity contribution is -0.119. The molecule has 0 saturated heterocycles.